The van der Waals surface area contributed by atoms with E-state index in [1.54, 1.807) is 12.1 Å². The van der Waals surface area contributed by atoms with Crippen LogP contribution in [0.15, 0.2) is 24.3 Å². The molecule has 0 unspecified atom stereocenters. The number of hydrogen-bond acceptors (Lipinski definition) is 3. The molecular weight excluding hydrogens is 282 g/mol. The minimum atomic E-state index is -2.92. The first-order valence-electron chi connectivity index (χ1n) is 6.58. The van der Waals surface area contributed by atoms with Crippen molar-refractivity contribution in [2.24, 2.45) is 0 Å². The van der Waals surface area contributed by atoms with Crippen LogP contribution in [0.1, 0.15) is 16.9 Å². The van der Waals surface area contributed by atoms with Crippen LogP contribution in [-0.4, -0.2) is 46.7 Å². The molecule has 1 aliphatic rings. The van der Waals surface area contributed by atoms with E-state index in [1.165, 1.54) is 17.0 Å². The molecule has 1 atom stereocenters. The highest BCUT2D eigenvalue weighted by Crippen LogP contribution is 2.28. The van der Waals surface area contributed by atoms with Crippen molar-refractivity contribution < 1.29 is 23.4 Å². The number of halogens is 2. The molecule has 7 heteroatoms. The Hall–Kier alpha value is -2.15. The van der Waals surface area contributed by atoms with Crippen molar-refractivity contribution >= 4 is 16.8 Å². The van der Waals surface area contributed by atoms with Crippen LogP contribution in [0.3, 0.4) is 0 Å². The third-order valence-corrected chi connectivity index (χ3v) is 3.52. The molecule has 21 heavy (non-hydrogen) atoms. The minimum Gasteiger partial charge on any atom is -0.434 e. The number of alkyl halides is 2. The van der Waals surface area contributed by atoms with Gasteiger partial charge in [-0.3, -0.25) is 4.79 Å². The number of β-amino-alcohol motifs (C(OH)–C–C–N with tert-alkyl or cyclic N) is 1. The predicted molar refractivity (Wildman–Crippen MR) is 71.5 cm³/mol. The number of likely N-dealkylation sites (tertiary alicyclic amines) is 1. The topological polar surface area (TPSA) is 65.6 Å². The van der Waals surface area contributed by atoms with Crippen LogP contribution in [0.25, 0.3) is 10.9 Å². The number of aromatic amines is 1. The van der Waals surface area contributed by atoms with Gasteiger partial charge in [0, 0.05) is 24.0 Å². The predicted octanol–water partition coefficient (Wildman–Crippen LogP) is 1.98. The van der Waals surface area contributed by atoms with Crippen molar-refractivity contribution in [1.29, 1.82) is 0 Å². The molecule has 1 saturated heterocycles. The number of aliphatic hydroxyl groups excluding tert-OH is 1. The van der Waals surface area contributed by atoms with Crippen molar-refractivity contribution in [3.8, 4) is 5.75 Å². The summed E-state index contributed by atoms with van der Waals surface area (Å²) in [6.45, 7) is -2.15. The lowest BCUT2D eigenvalue weighted by Gasteiger charge is -2.13. The summed E-state index contributed by atoms with van der Waals surface area (Å²) in [5, 5.41) is 9.90. The number of nitrogens with zero attached hydrogens (tertiary/aromatic N) is 1. The summed E-state index contributed by atoms with van der Waals surface area (Å²) in [6.07, 6.45) is 0.0437. The zero-order valence-corrected chi connectivity index (χ0v) is 11.1. The van der Waals surface area contributed by atoms with Gasteiger partial charge in [-0.1, -0.05) is 6.07 Å². The Kier molecular flexibility index (Phi) is 3.50. The number of rotatable bonds is 3. The maximum absolute atomic E-state index is 12.4. The fourth-order valence-corrected chi connectivity index (χ4v) is 2.54. The first kappa shape index (κ1) is 13.8. The van der Waals surface area contributed by atoms with Gasteiger partial charge in [0.2, 0.25) is 0 Å². The van der Waals surface area contributed by atoms with Gasteiger partial charge < -0.3 is 19.7 Å². The summed E-state index contributed by atoms with van der Waals surface area (Å²) in [4.78, 5) is 16.7. The van der Waals surface area contributed by atoms with E-state index in [1.807, 2.05) is 0 Å². The molecule has 0 radical (unpaired) electrons. The van der Waals surface area contributed by atoms with Gasteiger partial charge in [0.25, 0.3) is 5.91 Å². The van der Waals surface area contributed by atoms with Crippen molar-refractivity contribution in [2.45, 2.75) is 19.1 Å². The quantitative estimate of drug-likeness (QED) is 0.910. The number of H-pyrrole nitrogens is 1. The van der Waals surface area contributed by atoms with E-state index in [-0.39, 0.29) is 18.2 Å². The van der Waals surface area contributed by atoms with E-state index in [9.17, 15) is 18.7 Å². The number of ether oxygens (including phenoxy) is 1. The average Bonchev–Trinajstić information content (AvgIpc) is 3.04. The summed E-state index contributed by atoms with van der Waals surface area (Å²) < 4.78 is 29.2. The maximum Gasteiger partial charge on any atom is 0.387 e. The Labute approximate surface area is 119 Å². The maximum atomic E-state index is 12.4. The van der Waals surface area contributed by atoms with Gasteiger partial charge in [0.1, 0.15) is 11.4 Å². The molecule has 1 aromatic heterocycles. The highest BCUT2D eigenvalue weighted by Gasteiger charge is 2.26. The molecule has 5 nitrogen and oxygen atoms in total. The smallest absolute Gasteiger partial charge is 0.387 e. The Morgan fingerprint density at radius 2 is 2.29 bits per heavy atom. The Balaban J connectivity index is 1.92. The molecule has 0 saturated carbocycles. The molecule has 0 aliphatic carbocycles. The highest BCUT2D eigenvalue weighted by atomic mass is 19.3. The van der Waals surface area contributed by atoms with E-state index in [0.717, 1.165) is 0 Å². The van der Waals surface area contributed by atoms with Crippen LogP contribution in [-0.2, 0) is 0 Å². The SMILES string of the molecule is O=C(c1cc2c(OC(F)F)cccc2[nH]1)N1CC[C@H](O)C1. The molecule has 2 N–H and O–H groups in total. The minimum absolute atomic E-state index is 0.0271. The number of aliphatic hydroxyl groups is 1. The number of carbonyl (C=O) groups excluding carboxylic acids is 1. The Morgan fingerprint density at radius 3 is 2.95 bits per heavy atom. The van der Waals surface area contributed by atoms with Crippen molar-refractivity contribution in [3.63, 3.8) is 0 Å². The molecule has 1 aliphatic heterocycles. The van der Waals surface area contributed by atoms with Crippen molar-refractivity contribution in [1.82, 2.24) is 9.88 Å². The number of fused-ring (bicyclic) bond motifs is 1. The van der Waals surface area contributed by atoms with E-state index in [4.69, 9.17) is 0 Å². The van der Waals surface area contributed by atoms with Gasteiger partial charge in [-0.25, -0.2) is 0 Å². The lowest BCUT2D eigenvalue weighted by atomic mass is 10.2. The highest BCUT2D eigenvalue weighted by molar-refractivity contribution is 5.99. The molecule has 1 amide bonds. The van der Waals surface area contributed by atoms with Gasteiger partial charge in [-0.05, 0) is 24.6 Å². The van der Waals surface area contributed by atoms with Crippen molar-refractivity contribution in [3.05, 3.63) is 30.0 Å². The fraction of sp³-hybridized carbons (Fsp3) is 0.357. The van der Waals surface area contributed by atoms with Gasteiger partial charge in [0.15, 0.2) is 0 Å². The van der Waals surface area contributed by atoms with Crippen LogP contribution in [0, 0.1) is 0 Å². The second-order valence-corrected chi connectivity index (χ2v) is 4.97. The van der Waals surface area contributed by atoms with E-state index in [2.05, 4.69) is 9.72 Å². The largest absolute Gasteiger partial charge is 0.434 e. The molecule has 1 aromatic carbocycles. The summed E-state index contributed by atoms with van der Waals surface area (Å²) in [6, 6.07) is 6.18. The van der Waals surface area contributed by atoms with Crippen molar-refractivity contribution in [2.75, 3.05) is 13.1 Å². The Morgan fingerprint density at radius 1 is 1.48 bits per heavy atom. The number of hydrogen-bond donors (Lipinski definition) is 2. The fourth-order valence-electron chi connectivity index (χ4n) is 2.54. The molecule has 1 fully saturated rings. The standard InChI is InChI=1S/C14H14F2N2O3/c15-14(16)21-12-3-1-2-10-9(12)6-11(17-10)13(20)18-5-4-8(19)7-18/h1-3,6,8,14,17,19H,4-5,7H2/t8-/m0/s1. The zero-order chi connectivity index (χ0) is 15.0. The van der Waals surface area contributed by atoms with Crippen LogP contribution in [0.2, 0.25) is 0 Å². The summed E-state index contributed by atoms with van der Waals surface area (Å²) in [5.41, 5.74) is 0.848. The zero-order valence-electron chi connectivity index (χ0n) is 11.1. The van der Waals surface area contributed by atoms with Crippen LogP contribution < -0.4 is 4.74 Å². The van der Waals surface area contributed by atoms with Gasteiger partial charge in [0.05, 0.1) is 6.10 Å². The van der Waals surface area contributed by atoms with Gasteiger partial charge in [-0.15, -0.1) is 0 Å². The second kappa shape index (κ2) is 5.33. The van der Waals surface area contributed by atoms with Crippen LogP contribution in [0.5, 0.6) is 5.75 Å². The average molecular weight is 296 g/mol. The number of benzene rings is 1. The third kappa shape index (κ3) is 2.69. The lowest BCUT2D eigenvalue weighted by Crippen LogP contribution is -2.29. The first-order chi connectivity index (χ1) is 10.0. The van der Waals surface area contributed by atoms with E-state index >= 15 is 0 Å². The van der Waals surface area contributed by atoms with E-state index in [0.29, 0.717) is 29.6 Å². The number of amides is 1. The number of nitrogens with one attached hydrogen (secondary N) is 1. The third-order valence-electron chi connectivity index (χ3n) is 3.52. The first-order valence-corrected chi connectivity index (χ1v) is 6.58. The molecule has 112 valence electrons. The molecule has 3 rings (SSSR count). The monoisotopic (exact) mass is 296 g/mol. The number of aromatic nitrogens is 1. The Bertz CT molecular complexity index is 671. The molecule has 2 aromatic rings. The van der Waals surface area contributed by atoms with Crippen LogP contribution in [0.4, 0.5) is 8.78 Å². The summed E-state index contributed by atoms with van der Waals surface area (Å²) >= 11 is 0. The molecule has 0 bridgehead atoms. The molecule has 2 heterocycles. The van der Waals surface area contributed by atoms with Gasteiger partial charge >= 0.3 is 6.61 Å². The summed E-state index contributed by atoms with van der Waals surface area (Å²) in [7, 11) is 0. The van der Waals surface area contributed by atoms with Crippen LogP contribution >= 0.6 is 0 Å². The molecular formula is C14H14F2N2O3. The molecule has 0 spiro atoms. The van der Waals surface area contributed by atoms with Gasteiger partial charge in [-0.2, -0.15) is 8.78 Å². The lowest BCUT2D eigenvalue weighted by molar-refractivity contribution is -0.0487. The second-order valence-electron chi connectivity index (χ2n) is 4.97. The normalized spacial score (nSPS) is 18.7. The summed E-state index contributed by atoms with van der Waals surface area (Å²) in [5.74, 6) is -0.231. The number of carbonyl (C=O) groups is 1. The van der Waals surface area contributed by atoms with E-state index < -0.39 is 12.7 Å².